The molecule has 3 atom stereocenters. The summed E-state index contributed by atoms with van der Waals surface area (Å²) < 4.78 is 10.7. The van der Waals surface area contributed by atoms with Crippen LogP contribution in [0.25, 0.3) is 38.6 Å². The van der Waals surface area contributed by atoms with Crippen LogP contribution in [0.3, 0.4) is 0 Å². The summed E-state index contributed by atoms with van der Waals surface area (Å²) in [5, 5.41) is 2.27. The molecule has 4 aromatic rings. The standard InChI is InChI=1S/C56H50O4/c1-7-51(57)59-27-10-26-56(9-3)49-33-40(39-15-14-37-29-35(11-12-38(37)30-39)25-28-60-52(58)8-2)18-22-46(49)47-23-19-41(34-50(47)56)45-21-17-36-13-16-42-31-44(55(4,5)6)32-43-20-24-48(45)54(36)53(42)43/h7-9,11-24,29-34,53-54H,1-3,10,25-28H2,4-6H3. The van der Waals surface area contributed by atoms with Gasteiger partial charge in [0.05, 0.1) is 13.2 Å². The molecule has 4 nitrogen and oxygen atoms in total. The number of allylic oxidation sites excluding steroid dienone is 15. The van der Waals surface area contributed by atoms with Gasteiger partial charge in [-0.15, -0.1) is 6.58 Å². The van der Waals surface area contributed by atoms with Crippen LogP contribution >= 0.6 is 0 Å². The van der Waals surface area contributed by atoms with Crippen LogP contribution in [0, 0.1) is 17.3 Å². The van der Waals surface area contributed by atoms with Crippen LogP contribution in [0.15, 0.2) is 187 Å². The van der Waals surface area contributed by atoms with E-state index in [-0.39, 0.29) is 11.3 Å². The Labute approximate surface area is 353 Å². The van der Waals surface area contributed by atoms with E-state index in [9.17, 15) is 9.59 Å². The third kappa shape index (κ3) is 6.74. The molecule has 0 heterocycles. The van der Waals surface area contributed by atoms with E-state index in [4.69, 9.17) is 9.47 Å². The number of benzene rings is 4. The number of ether oxygens (including phenoxy) is 2. The molecule has 60 heavy (non-hydrogen) atoms. The third-order valence-electron chi connectivity index (χ3n) is 13.0. The quantitative estimate of drug-likeness (QED) is 0.0621. The van der Waals surface area contributed by atoms with Gasteiger partial charge in [-0.2, -0.15) is 0 Å². The number of carbonyl (C=O) groups excluding carboxylic acids is 2. The van der Waals surface area contributed by atoms with Crippen molar-refractivity contribution in [1.82, 2.24) is 0 Å². The van der Waals surface area contributed by atoms with Gasteiger partial charge in [0.25, 0.3) is 0 Å². The van der Waals surface area contributed by atoms with Crippen LogP contribution < -0.4 is 0 Å². The molecule has 298 valence electrons. The first-order valence-electron chi connectivity index (χ1n) is 21.0. The minimum absolute atomic E-state index is 0.0740. The van der Waals surface area contributed by atoms with Crippen molar-refractivity contribution in [3.8, 4) is 22.3 Å². The van der Waals surface area contributed by atoms with Crippen molar-refractivity contribution in [1.29, 1.82) is 0 Å². The van der Waals surface area contributed by atoms with E-state index in [1.807, 2.05) is 0 Å². The zero-order valence-corrected chi connectivity index (χ0v) is 34.7. The maximum absolute atomic E-state index is 12.1. The van der Waals surface area contributed by atoms with Crippen molar-refractivity contribution in [2.75, 3.05) is 13.2 Å². The molecule has 4 aromatic carbocycles. The summed E-state index contributed by atoms with van der Waals surface area (Å²) in [6.07, 6.45) is 25.4. The van der Waals surface area contributed by atoms with Crippen LogP contribution in [0.2, 0.25) is 0 Å². The number of hydrogen-bond acceptors (Lipinski definition) is 4. The topological polar surface area (TPSA) is 52.6 Å². The molecule has 0 aromatic heterocycles. The van der Waals surface area contributed by atoms with Crippen LogP contribution in [-0.4, -0.2) is 25.2 Å². The Morgan fingerprint density at radius 2 is 1.30 bits per heavy atom. The van der Waals surface area contributed by atoms with Crippen molar-refractivity contribution in [2.45, 2.75) is 45.4 Å². The van der Waals surface area contributed by atoms with Crippen LogP contribution in [-0.2, 0) is 30.9 Å². The lowest BCUT2D eigenvalue weighted by Crippen LogP contribution is -2.31. The van der Waals surface area contributed by atoms with Crippen LogP contribution in [0.1, 0.15) is 55.9 Å². The molecular formula is C56H50O4. The summed E-state index contributed by atoms with van der Waals surface area (Å²) in [5.41, 5.74) is 17.1. The van der Waals surface area contributed by atoms with Gasteiger partial charge in [0.1, 0.15) is 0 Å². The smallest absolute Gasteiger partial charge is 0.330 e. The maximum Gasteiger partial charge on any atom is 0.330 e. The normalized spacial score (nSPS) is 20.5. The first-order chi connectivity index (χ1) is 29.0. The number of fused-ring (bicyclic) bond motifs is 4. The highest BCUT2D eigenvalue weighted by atomic mass is 16.5. The second-order valence-electron chi connectivity index (χ2n) is 17.5. The minimum atomic E-state index is -0.511. The molecule has 5 aliphatic rings. The van der Waals surface area contributed by atoms with Crippen molar-refractivity contribution < 1.29 is 19.1 Å². The summed E-state index contributed by atoms with van der Waals surface area (Å²) >= 11 is 0. The Kier molecular flexibility index (Phi) is 9.91. The summed E-state index contributed by atoms with van der Waals surface area (Å²) in [7, 11) is 0. The highest BCUT2D eigenvalue weighted by Gasteiger charge is 2.43. The van der Waals surface area contributed by atoms with E-state index in [1.54, 1.807) is 0 Å². The Morgan fingerprint density at radius 3 is 2.03 bits per heavy atom. The molecular weight excluding hydrogens is 737 g/mol. The van der Waals surface area contributed by atoms with Crippen molar-refractivity contribution in [2.24, 2.45) is 17.3 Å². The lowest BCUT2D eigenvalue weighted by Gasteiger charge is -2.42. The molecule has 9 rings (SSSR count). The number of esters is 2. The fourth-order valence-corrected chi connectivity index (χ4v) is 9.91. The Bertz CT molecular complexity index is 2770. The van der Waals surface area contributed by atoms with E-state index in [0.717, 1.165) is 33.9 Å². The second kappa shape index (κ2) is 15.3. The Balaban J connectivity index is 1.08. The molecule has 3 unspecified atom stereocenters. The summed E-state index contributed by atoms with van der Waals surface area (Å²) in [6.45, 7) is 19.1. The largest absolute Gasteiger partial charge is 0.463 e. The van der Waals surface area contributed by atoms with Gasteiger partial charge in [-0.1, -0.05) is 143 Å². The fraction of sp³-hybridized carbons (Fsp3) is 0.214. The predicted octanol–water partition coefficient (Wildman–Crippen LogP) is 12.6. The minimum Gasteiger partial charge on any atom is -0.463 e. The van der Waals surface area contributed by atoms with Crippen molar-refractivity contribution in [3.05, 3.63) is 209 Å². The molecule has 0 saturated heterocycles. The molecule has 0 N–H and O–H groups in total. The van der Waals surface area contributed by atoms with Crippen LogP contribution in [0.5, 0.6) is 0 Å². The SMILES string of the molecule is C=CC(=O)OCCCC1(C=C)c2cc(C3=CC=C4C=CC5=CC(C(C)(C)C)=CC6=CC=C3C4C65)ccc2-c2ccc(-c3ccc4cc(CCOC(=O)C=C)ccc4c3)cc21. The second-order valence-corrected chi connectivity index (χ2v) is 17.5. The van der Waals surface area contributed by atoms with Crippen LogP contribution in [0.4, 0.5) is 0 Å². The summed E-state index contributed by atoms with van der Waals surface area (Å²) in [5.74, 6) is -0.237. The lowest BCUT2D eigenvalue weighted by atomic mass is 9.61. The summed E-state index contributed by atoms with van der Waals surface area (Å²) in [6, 6.07) is 26.8. The van der Waals surface area contributed by atoms with E-state index in [2.05, 4.69) is 168 Å². The van der Waals surface area contributed by atoms with Gasteiger partial charge in [-0.25, -0.2) is 9.59 Å². The molecule has 0 amide bonds. The lowest BCUT2D eigenvalue weighted by molar-refractivity contribution is -0.138. The van der Waals surface area contributed by atoms with Gasteiger partial charge in [0, 0.05) is 35.8 Å². The third-order valence-corrected chi connectivity index (χ3v) is 13.0. The molecule has 5 aliphatic carbocycles. The molecule has 4 heteroatoms. The van der Waals surface area contributed by atoms with Gasteiger partial charge >= 0.3 is 11.9 Å². The van der Waals surface area contributed by atoms with E-state index >= 15 is 0 Å². The van der Waals surface area contributed by atoms with Crippen molar-refractivity contribution in [3.63, 3.8) is 0 Å². The highest BCUT2D eigenvalue weighted by Crippen LogP contribution is 2.56. The van der Waals surface area contributed by atoms with Gasteiger partial charge in [0.15, 0.2) is 0 Å². The highest BCUT2D eigenvalue weighted by molar-refractivity contribution is 5.92. The molecule has 0 bridgehead atoms. The monoisotopic (exact) mass is 786 g/mol. The zero-order chi connectivity index (χ0) is 41.8. The van der Waals surface area contributed by atoms with E-state index in [1.165, 1.54) is 73.4 Å². The van der Waals surface area contributed by atoms with Crippen molar-refractivity contribution >= 4 is 28.3 Å². The van der Waals surface area contributed by atoms with Gasteiger partial charge in [0.2, 0.25) is 0 Å². The van der Waals surface area contributed by atoms with Gasteiger partial charge in [-0.3, -0.25) is 0 Å². The van der Waals surface area contributed by atoms with Gasteiger partial charge in [-0.05, 0) is 125 Å². The molecule has 0 saturated carbocycles. The zero-order valence-electron chi connectivity index (χ0n) is 34.7. The van der Waals surface area contributed by atoms with E-state index in [0.29, 0.717) is 32.0 Å². The maximum atomic E-state index is 12.1. The fourth-order valence-electron chi connectivity index (χ4n) is 9.91. The Hall–Kier alpha value is -6.52. The summed E-state index contributed by atoms with van der Waals surface area (Å²) in [4.78, 5) is 23.6. The number of rotatable bonds is 12. The Morgan fingerprint density at radius 1 is 0.667 bits per heavy atom. The number of hydrogen-bond donors (Lipinski definition) is 0. The number of carbonyl (C=O) groups is 2. The molecule has 0 fully saturated rings. The first-order valence-corrected chi connectivity index (χ1v) is 21.0. The molecule has 0 radical (unpaired) electrons. The average Bonchev–Trinajstić information content (AvgIpc) is 3.54. The molecule has 0 spiro atoms. The van der Waals surface area contributed by atoms with Gasteiger partial charge < -0.3 is 9.47 Å². The predicted molar refractivity (Wildman–Crippen MR) is 245 cm³/mol. The van der Waals surface area contributed by atoms with E-state index < -0.39 is 17.4 Å². The first kappa shape index (κ1) is 39.0. The average molecular weight is 787 g/mol. The molecule has 0 aliphatic heterocycles.